The van der Waals surface area contributed by atoms with Gasteiger partial charge in [-0.05, 0) is 38.8 Å². The lowest BCUT2D eigenvalue weighted by molar-refractivity contribution is -0.0395. The quantitative estimate of drug-likeness (QED) is 0.657. The van der Waals surface area contributed by atoms with Crippen LogP contribution < -0.4 is 5.32 Å². The zero-order chi connectivity index (χ0) is 9.15. The van der Waals surface area contributed by atoms with Gasteiger partial charge in [-0.1, -0.05) is 0 Å². The lowest BCUT2D eigenvalue weighted by Gasteiger charge is -2.55. The molecule has 2 saturated heterocycles. The maximum absolute atomic E-state index is 8.78. The molecule has 0 amide bonds. The minimum absolute atomic E-state index is 0.338. The molecule has 0 unspecified atom stereocenters. The number of hydrogen-bond donors (Lipinski definition) is 2. The minimum atomic E-state index is 0.338. The van der Waals surface area contributed by atoms with E-state index in [1.807, 2.05) is 0 Å². The first-order valence-corrected chi connectivity index (χ1v) is 5.44. The minimum Gasteiger partial charge on any atom is -0.396 e. The van der Waals surface area contributed by atoms with Crippen LogP contribution in [0, 0.1) is 0 Å². The second-order valence-corrected chi connectivity index (χ2v) is 4.29. The molecule has 3 nitrogen and oxygen atoms in total. The Kier molecular flexibility index (Phi) is 2.86. The maximum atomic E-state index is 8.78. The van der Waals surface area contributed by atoms with E-state index in [1.54, 1.807) is 0 Å². The smallest absolute Gasteiger partial charge is 0.0443 e. The Morgan fingerprint density at radius 1 is 1.23 bits per heavy atom. The van der Waals surface area contributed by atoms with Gasteiger partial charge in [0, 0.05) is 25.2 Å². The Bertz CT molecular complexity index is 166. The van der Waals surface area contributed by atoms with Crippen molar-refractivity contribution in [2.45, 2.75) is 31.2 Å². The molecule has 2 aliphatic heterocycles. The second-order valence-electron chi connectivity index (χ2n) is 4.29. The molecule has 13 heavy (non-hydrogen) atoms. The molecule has 0 atom stereocenters. The normalized spacial score (nSPS) is 27.5. The molecule has 0 aromatic heterocycles. The molecular formula is C10H20N2O. The van der Waals surface area contributed by atoms with E-state index < -0.39 is 0 Å². The highest BCUT2D eigenvalue weighted by molar-refractivity contribution is 5.01. The zero-order valence-corrected chi connectivity index (χ0v) is 8.26. The predicted octanol–water partition coefficient (Wildman–Crippen LogP) is 0.197. The number of aliphatic hydroxyl groups is 1. The molecule has 2 heterocycles. The van der Waals surface area contributed by atoms with Crippen LogP contribution in [0.1, 0.15) is 25.7 Å². The summed E-state index contributed by atoms with van der Waals surface area (Å²) in [5, 5.41) is 12.2. The average molecular weight is 184 g/mol. The van der Waals surface area contributed by atoms with Gasteiger partial charge in [0.25, 0.3) is 0 Å². The van der Waals surface area contributed by atoms with E-state index >= 15 is 0 Å². The molecule has 2 N–H and O–H groups in total. The molecule has 0 saturated carbocycles. The summed E-state index contributed by atoms with van der Waals surface area (Å²) in [6.07, 6.45) is 4.92. The Balaban J connectivity index is 1.83. The van der Waals surface area contributed by atoms with E-state index in [0.717, 1.165) is 13.0 Å². The van der Waals surface area contributed by atoms with Crippen LogP contribution in [0.15, 0.2) is 0 Å². The van der Waals surface area contributed by atoms with E-state index in [1.165, 1.54) is 38.9 Å². The number of nitrogens with one attached hydrogen (secondary N) is 1. The summed E-state index contributed by atoms with van der Waals surface area (Å²) < 4.78 is 0. The van der Waals surface area contributed by atoms with Crippen molar-refractivity contribution in [3.05, 3.63) is 0 Å². The first-order valence-electron chi connectivity index (χ1n) is 5.44. The number of nitrogens with zero attached hydrogens (tertiary/aromatic N) is 1. The van der Waals surface area contributed by atoms with Crippen molar-refractivity contribution < 1.29 is 5.11 Å². The van der Waals surface area contributed by atoms with Crippen LogP contribution in [0.5, 0.6) is 0 Å². The van der Waals surface area contributed by atoms with E-state index in [0.29, 0.717) is 12.1 Å². The fourth-order valence-corrected chi connectivity index (χ4v) is 2.66. The standard InChI is InChI=1S/C10H20N2O/c13-9-1-7-12-8-4-10(12)2-5-11-6-3-10/h11,13H,1-9H2. The first-order chi connectivity index (χ1) is 6.37. The number of hydrogen-bond acceptors (Lipinski definition) is 3. The monoisotopic (exact) mass is 184 g/mol. The Hall–Kier alpha value is -0.120. The number of aliphatic hydroxyl groups excluding tert-OH is 1. The molecule has 0 bridgehead atoms. The van der Waals surface area contributed by atoms with Gasteiger partial charge >= 0.3 is 0 Å². The van der Waals surface area contributed by atoms with Crippen LogP contribution in [0.25, 0.3) is 0 Å². The summed E-state index contributed by atoms with van der Waals surface area (Å²) >= 11 is 0. The summed E-state index contributed by atoms with van der Waals surface area (Å²) in [5.74, 6) is 0. The van der Waals surface area contributed by atoms with Gasteiger partial charge < -0.3 is 10.4 Å². The SMILES string of the molecule is OCCCN1CCC12CCNCC2. The van der Waals surface area contributed by atoms with Gasteiger partial charge in [0.2, 0.25) is 0 Å². The fraction of sp³-hybridized carbons (Fsp3) is 1.00. The summed E-state index contributed by atoms with van der Waals surface area (Å²) in [4.78, 5) is 2.57. The number of piperidine rings is 1. The van der Waals surface area contributed by atoms with Gasteiger partial charge in [0.1, 0.15) is 0 Å². The lowest BCUT2D eigenvalue weighted by Crippen LogP contribution is -2.63. The predicted molar refractivity (Wildman–Crippen MR) is 52.7 cm³/mol. The summed E-state index contributed by atoms with van der Waals surface area (Å²) in [7, 11) is 0. The van der Waals surface area contributed by atoms with Crippen LogP contribution in [0.2, 0.25) is 0 Å². The Morgan fingerprint density at radius 2 is 2.00 bits per heavy atom. The van der Waals surface area contributed by atoms with Gasteiger partial charge in [-0.3, -0.25) is 4.90 Å². The van der Waals surface area contributed by atoms with Gasteiger partial charge in [0.15, 0.2) is 0 Å². The van der Waals surface area contributed by atoms with Crippen molar-refractivity contribution in [1.29, 1.82) is 0 Å². The molecule has 0 aromatic rings. The highest BCUT2D eigenvalue weighted by Gasteiger charge is 2.44. The average Bonchev–Trinajstić information content (AvgIpc) is 2.18. The van der Waals surface area contributed by atoms with Crippen molar-refractivity contribution in [3.8, 4) is 0 Å². The molecule has 2 rings (SSSR count). The van der Waals surface area contributed by atoms with Crippen LogP contribution in [0.4, 0.5) is 0 Å². The summed E-state index contributed by atoms with van der Waals surface area (Å²) in [6.45, 7) is 5.03. The van der Waals surface area contributed by atoms with E-state index in [4.69, 9.17) is 5.11 Å². The topological polar surface area (TPSA) is 35.5 Å². The third-order valence-corrected chi connectivity index (χ3v) is 3.64. The van der Waals surface area contributed by atoms with Gasteiger partial charge in [-0.2, -0.15) is 0 Å². The van der Waals surface area contributed by atoms with Crippen molar-refractivity contribution in [1.82, 2.24) is 10.2 Å². The molecule has 2 aliphatic rings. The van der Waals surface area contributed by atoms with Crippen LogP contribution in [-0.2, 0) is 0 Å². The fourth-order valence-electron chi connectivity index (χ4n) is 2.66. The third kappa shape index (κ3) is 1.73. The van der Waals surface area contributed by atoms with Crippen molar-refractivity contribution in [2.24, 2.45) is 0 Å². The molecule has 1 spiro atoms. The van der Waals surface area contributed by atoms with Gasteiger partial charge in [0.05, 0.1) is 0 Å². The van der Waals surface area contributed by atoms with E-state index in [2.05, 4.69) is 10.2 Å². The molecule has 0 aliphatic carbocycles. The highest BCUT2D eigenvalue weighted by atomic mass is 16.3. The van der Waals surface area contributed by atoms with Crippen molar-refractivity contribution in [2.75, 3.05) is 32.8 Å². The number of rotatable bonds is 3. The first kappa shape index (κ1) is 9.44. The molecule has 2 fully saturated rings. The largest absolute Gasteiger partial charge is 0.396 e. The van der Waals surface area contributed by atoms with Crippen molar-refractivity contribution >= 4 is 0 Å². The Morgan fingerprint density at radius 3 is 2.54 bits per heavy atom. The molecule has 0 aromatic carbocycles. The molecule has 3 heteroatoms. The van der Waals surface area contributed by atoms with E-state index in [9.17, 15) is 0 Å². The van der Waals surface area contributed by atoms with E-state index in [-0.39, 0.29) is 0 Å². The molecule has 76 valence electrons. The summed E-state index contributed by atoms with van der Waals surface area (Å²) in [6, 6.07) is 0. The highest BCUT2D eigenvalue weighted by Crippen LogP contribution is 2.37. The maximum Gasteiger partial charge on any atom is 0.0443 e. The van der Waals surface area contributed by atoms with Crippen LogP contribution in [-0.4, -0.2) is 48.3 Å². The van der Waals surface area contributed by atoms with Crippen LogP contribution in [0.3, 0.4) is 0 Å². The zero-order valence-electron chi connectivity index (χ0n) is 8.26. The lowest BCUT2D eigenvalue weighted by atomic mass is 9.77. The van der Waals surface area contributed by atoms with Crippen molar-refractivity contribution in [3.63, 3.8) is 0 Å². The second kappa shape index (κ2) is 3.95. The summed E-state index contributed by atoms with van der Waals surface area (Å²) in [5.41, 5.74) is 0.528. The van der Waals surface area contributed by atoms with Gasteiger partial charge in [-0.15, -0.1) is 0 Å². The van der Waals surface area contributed by atoms with Crippen LogP contribution >= 0.6 is 0 Å². The number of likely N-dealkylation sites (tertiary alicyclic amines) is 1. The van der Waals surface area contributed by atoms with Gasteiger partial charge in [-0.25, -0.2) is 0 Å². The molecule has 0 radical (unpaired) electrons. The third-order valence-electron chi connectivity index (χ3n) is 3.64. The molecular weight excluding hydrogens is 164 g/mol. The Labute approximate surface area is 80.1 Å².